The van der Waals surface area contributed by atoms with Crippen LogP contribution in [0.1, 0.15) is 17.5 Å². The first-order valence-electron chi connectivity index (χ1n) is 8.66. The highest BCUT2D eigenvalue weighted by Crippen LogP contribution is 2.24. The van der Waals surface area contributed by atoms with Crippen molar-refractivity contribution in [3.05, 3.63) is 64.1 Å². The summed E-state index contributed by atoms with van der Waals surface area (Å²) >= 11 is 3.39. The van der Waals surface area contributed by atoms with E-state index in [1.807, 2.05) is 49.4 Å². The molecule has 3 rings (SSSR count). The summed E-state index contributed by atoms with van der Waals surface area (Å²) in [6, 6.07) is 14.1. The molecule has 2 amide bonds. The van der Waals surface area contributed by atoms with Crippen molar-refractivity contribution in [3.63, 3.8) is 0 Å². The Morgan fingerprint density at radius 1 is 1.26 bits per heavy atom. The molecule has 6 nitrogen and oxygen atoms in total. The molecule has 0 unspecified atom stereocenters. The van der Waals surface area contributed by atoms with Gasteiger partial charge in [0.15, 0.2) is 0 Å². The molecule has 2 aromatic carbocycles. The van der Waals surface area contributed by atoms with Gasteiger partial charge < -0.3 is 15.2 Å². The maximum atomic E-state index is 12.7. The minimum absolute atomic E-state index is 0.0744. The average Bonchev–Trinajstić information content (AvgIpc) is 3.05. The molecule has 0 aromatic heterocycles. The molecule has 2 atom stereocenters. The summed E-state index contributed by atoms with van der Waals surface area (Å²) in [5, 5.41) is 12.8. The number of hydrogen-bond acceptors (Lipinski definition) is 4. The molecule has 1 saturated heterocycles. The molecule has 27 heavy (non-hydrogen) atoms. The number of amides is 2. The lowest BCUT2D eigenvalue weighted by Gasteiger charge is -2.23. The minimum atomic E-state index is -0.772. The SMILES string of the molecule is Cc1cc(Br)ccc1NC(=O)[C@@H]1C[C@@H](O)CN1C(=O)OCc1ccccc1. The number of carbonyl (C=O) groups is 2. The first-order chi connectivity index (χ1) is 12.9. The average molecular weight is 433 g/mol. The number of aryl methyl sites for hydroxylation is 1. The van der Waals surface area contributed by atoms with Crippen molar-refractivity contribution >= 4 is 33.6 Å². The van der Waals surface area contributed by atoms with Crippen LogP contribution in [0.25, 0.3) is 0 Å². The van der Waals surface area contributed by atoms with Crippen LogP contribution in [0.4, 0.5) is 10.5 Å². The standard InChI is InChI=1S/C20H21BrN2O4/c1-13-9-15(21)7-8-17(13)22-19(25)18-10-16(24)11-23(18)20(26)27-12-14-5-3-2-4-6-14/h2-9,16,18,24H,10-12H2,1H3,(H,22,25)/t16-,18+/m1/s1. The van der Waals surface area contributed by atoms with E-state index in [1.54, 1.807) is 6.07 Å². The number of nitrogens with one attached hydrogen (secondary N) is 1. The quantitative estimate of drug-likeness (QED) is 0.774. The number of rotatable bonds is 4. The van der Waals surface area contributed by atoms with Crippen LogP contribution in [0, 0.1) is 6.92 Å². The second kappa shape index (κ2) is 8.54. The topological polar surface area (TPSA) is 78.9 Å². The zero-order valence-electron chi connectivity index (χ0n) is 14.9. The molecule has 2 aromatic rings. The number of aliphatic hydroxyl groups is 1. The Hall–Kier alpha value is -2.38. The van der Waals surface area contributed by atoms with E-state index in [0.717, 1.165) is 15.6 Å². The Kier molecular flexibility index (Phi) is 6.13. The van der Waals surface area contributed by atoms with E-state index >= 15 is 0 Å². The number of β-amino-alcohol motifs (C(OH)–C–C–N with tert-alkyl or cyclic N) is 1. The van der Waals surface area contributed by atoms with Crippen molar-refractivity contribution in [2.75, 3.05) is 11.9 Å². The highest BCUT2D eigenvalue weighted by Gasteiger charge is 2.40. The van der Waals surface area contributed by atoms with E-state index in [9.17, 15) is 14.7 Å². The van der Waals surface area contributed by atoms with Crippen LogP contribution < -0.4 is 5.32 Å². The van der Waals surface area contributed by atoms with Crippen LogP contribution in [0.3, 0.4) is 0 Å². The molecular formula is C20H21BrN2O4. The number of aliphatic hydroxyl groups excluding tert-OH is 1. The lowest BCUT2D eigenvalue weighted by molar-refractivity contribution is -0.120. The van der Waals surface area contributed by atoms with Crippen molar-refractivity contribution in [1.29, 1.82) is 0 Å². The summed E-state index contributed by atoms with van der Waals surface area (Å²) in [5.74, 6) is -0.339. The molecule has 1 fully saturated rings. The third-order valence-electron chi connectivity index (χ3n) is 4.47. The van der Waals surface area contributed by atoms with Gasteiger partial charge in [0.2, 0.25) is 5.91 Å². The summed E-state index contributed by atoms with van der Waals surface area (Å²) in [4.78, 5) is 26.4. The first kappa shape index (κ1) is 19.4. The van der Waals surface area contributed by atoms with E-state index in [4.69, 9.17) is 4.74 Å². The number of anilines is 1. The molecule has 1 aliphatic heterocycles. The Morgan fingerprint density at radius 2 is 2.00 bits per heavy atom. The number of benzene rings is 2. The van der Waals surface area contributed by atoms with Gasteiger partial charge in [-0.1, -0.05) is 46.3 Å². The Balaban J connectivity index is 1.65. The van der Waals surface area contributed by atoms with Gasteiger partial charge in [0.25, 0.3) is 0 Å². The van der Waals surface area contributed by atoms with E-state index < -0.39 is 18.2 Å². The number of likely N-dealkylation sites (tertiary alicyclic amines) is 1. The molecule has 0 bridgehead atoms. The highest BCUT2D eigenvalue weighted by molar-refractivity contribution is 9.10. The van der Waals surface area contributed by atoms with Gasteiger partial charge in [0.05, 0.1) is 12.6 Å². The fourth-order valence-electron chi connectivity index (χ4n) is 3.05. The maximum Gasteiger partial charge on any atom is 0.410 e. The molecule has 0 aliphatic carbocycles. The third kappa shape index (κ3) is 4.87. The molecule has 1 heterocycles. The van der Waals surface area contributed by atoms with E-state index in [-0.39, 0.29) is 25.5 Å². The molecular weight excluding hydrogens is 412 g/mol. The Labute approximate surface area is 166 Å². The van der Waals surface area contributed by atoms with Crippen LogP contribution in [0.2, 0.25) is 0 Å². The molecule has 142 valence electrons. The molecule has 1 aliphatic rings. The van der Waals surface area contributed by atoms with Crippen LogP contribution in [0.5, 0.6) is 0 Å². The molecule has 7 heteroatoms. The summed E-state index contributed by atoms with van der Waals surface area (Å²) < 4.78 is 6.24. The molecule has 0 spiro atoms. The largest absolute Gasteiger partial charge is 0.445 e. The van der Waals surface area contributed by atoms with E-state index in [1.165, 1.54) is 4.90 Å². The van der Waals surface area contributed by atoms with Crippen LogP contribution in [0.15, 0.2) is 53.0 Å². The third-order valence-corrected chi connectivity index (χ3v) is 4.96. The lowest BCUT2D eigenvalue weighted by atomic mass is 10.1. The zero-order chi connectivity index (χ0) is 19.4. The van der Waals surface area contributed by atoms with Crippen molar-refractivity contribution in [2.45, 2.75) is 32.1 Å². The Morgan fingerprint density at radius 3 is 2.70 bits per heavy atom. The number of halogens is 1. The normalized spacial score (nSPS) is 19.0. The smallest absolute Gasteiger partial charge is 0.410 e. The van der Waals surface area contributed by atoms with Crippen molar-refractivity contribution in [1.82, 2.24) is 4.90 Å². The van der Waals surface area contributed by atoms with Crippen molar-refractivity contribution < 1.29 is 19.4 Å². The summed E-state index contributed by atoms with van der Waals surface area (Å²) in [6.45, 7) is 2.08. The van der Waals surface area contributed by atoms with Crippen LogP contribution >= 0.6 is 15.9 Å². The van der Waals surface area contributed by atoms with Gasteiger partial charge in [-0.15, -0.1) is 0 Å². The van der Waals surface area contributed by atoms with E-state index in [0.29, 0.717) is 5.69 Å². The lowest BCUT2D eigenvalue weighted by Crippen LogP contribution is -2.43. The van der Waals surface area contributed by atoms with Gasteiger partial charge in [0.1, 0.15) is 12.6 Å². The second-order valence-electron chi connectivity index (χ2n) is 6.55. The second-order valence-corrected chi connectivity index (χ2v) is 7.46. The maximum absolute atomic E-state index is 12.7. The monoisotopic (exact) mass is 432 g/mol. The first-order valence-corrected chi connectivity index (χ1v) is 9.45. The number of nitrogens with zero attached hydrogens (tertiary/aromatic N) is 1. The minimum Gasteiger partial charge on any atom is -0.445 e. The summed E-state index contributed by atoms with van der Waals surface area (Å²) in [7, 11) is 0. The number of ether oxygens (including phenoxy) is 1. The van der Waals surface area contributed by atoms with E-state index in [2.05, 4.69) is 21.2 Å². The fourth-order valence-corrected chi connectivity index (χ4v) is 3.53. The predicted octanol–water partition coefficient (Wildman–Crippen LogP) is 3.47. The zero-order valence-corrected chi connectivity index (χ0v) is 16.5. The van der Waals surface area contributed by atoms with Gasteiger partial charge in [-0.05, 0) is 36.2 Å². The molecule has 2 N–H and O–H groups in total. The van der Waals surface area contributed by atoms with Gasteiger partial charge in [-0.2, -0.15) is 0 Å². The van der Waals surface area contributed by atoms with Gasteiger partial charge in [0, 0.05) is 16.6 Å². The summed E-state index contributed by atoms with van der Waals surface area (Å²) in [5.41, 5.74) is 2.42. The van der Waals surface area contributed by atoms with Gasteiger partial charge in [-0.3, -0.25) is 9.69 Å². The van der Waals surface area contributed by atoms with Gasteiger partial charge >= 0.3 is 6.09 Å². The van der Waals surface area contributed by atoms with Crippen molar-refractivity contribution in [2.24, 2.45) is 0 Å². The fraction of sp³-hybridized carbons (Fsp3) is 0.300. The molecule has 0 saturated carbocycles. The predicted molar refractivity (Wildman–Crippen MR) is 105 cm³/mol. The number of carbonyl (C=O) groups excluding carboxylic acids is 2. The highest BCUT2D eigenvalue weighted by atomic mass is 79.9. The number of hydrogen-bond donors (Lipinski definition) is 2. The van der Waals surface area contributed by atoms with Gasteiger partial charge in [-0.25, -0.2) is 4.79 Å². The van der Waals surface area contributed by atoms with Crippen molar-refractivity contribution in [3.8, 4) is 0 Å². The summed E-state index contributed by atoms with van der Waals surface area (Å²) in [6.07, 6.45) is -1.18. The van der Waals surface area contributed by atoms with Crippen LogP contribution in [-0.2, 0) is 16.1 Å². The van der Waals surface area contributed by atoms with Crippen LogP contribution in [-0.4, -0.2) is 40.7 Å². The molecule has 0 radical (unpaired) electrons. The Bertz CT molecular complexity index is 828.